The fourth-order valence-corrected chi connectivity index (χ4v) is 1.38. The first-order valence-corrected chi connectivity index (χ1v) is 5.73. The van der Waals surface area contributed by atoms with Crippen LogP contribution in [0.15, 0.2) is 12.4 Å². The number of nitrogens with one attached hydrogen (secondary N) is 2. The van der Waals surface area contributed by atoms with Crippen LogP contribution < -0.4 is 10.6 Å². The Morgan fingerprint density at radius 3 is 2.81 bits per heavy atom. The molecule has 0 fully saturated rings. The molecule has 1 rings (SSSR count). The third-order valence-corrected chi connectivity index (χ3v) is 2.36. The van der Waals surface area contributed by atoms with Gasteiger partial charge >= 0.3 is 0 Å². The summed E-state index contributed by atoms with van der Waals surface area (Å²) in [5, 5.41) is 10.0. The first-order chi connectivity index (χ1) is 7.77. The van der Waals surface area contributed by atoms with E-state index in [1.807, 2.05) is 14.0 Å². The van der Waals surface area contributed by atoms with Gasteiger partial charge in [-0.3, -0.25) is 9.48 Å². The van der Waals surface area contributed by atoms with Gasteiger partial charge in [-0.15, -0.1) is 0 Å². The number of aryl methyl sites for hydroxylation is 1. The lowest BCUT2D eigenvalue weighted by Crippen LogP contribution is -2.24. The van der Waals surface area contributed by atoms with Crippen LogP contribution in [0.2, 0.25) is 0 Å². The Balaban J connectivity index is 2.24. The zero-order valence-corrected chi connectivity index (χ0v) is 9.99. The fraction of sp³-hybridized carbons (Fsp3) is 0.636. The molecule has 2 N–H and O–H groups in total. The highest BCUT2D eigenvalue weighted by Gasteiger charge is 2.06. The van der Waals surface area contributed by atoms with E-state index in [0.717, 1.165) is 32.5 Å². The van der Waals surface area contributed by atoms with E-state index in [1.54, 1.807) is 17.1 Å². The average Bonchev–Trinajstić information content (AvgIpc) is 2.77. The highest BCUT2D eigenvalue weighted by molar-refractivity contribution is 5.93. The summed E-state index contributed by atoms with van der Waals surface area (Å²) in [6, 6.07) is 0. The number of rotatable bonds is 7. The van der Waals surface area contributed by atoms with Gasteiger partial charge in [0, 0.05) is 19.3 Å². The summed E-state index contributed by atoms with van der Waals surface area (Å²) >= 11 is 0. The monoisotopic (exact) mass is 224 g/mol. The number of hydrogen-bond donors (Lipinski definition) is 2. The van der Waals surface area contributed by atoms with Crippen molar-refractivity contribution >= 4 is 5.91 Å². The van der Waals surface area contributed by atoms with Crippen LogP contribution in [0, 0.1) is 0 Å². The Kier molecular flexibility index (Phi) is 5.56. The third kappa shape index (κ3) is 4.02. The molecular weight excluding hydrogens is 204 g/mol. The van der Waals surface area contributed by atoms with Crippen molar-refractivity contribution in [1.82, 2.24) is 20.4 Å². The SMILES string of the molecule is CCn1cc(C(=O)NCCCCNC)cn1. The molecule has 16 heavy (non-hydrogen) atoms. The second-order valence-corrected chi connectivity index (χ2v) is 3.65. The molecule has 0 saturated carbocycles. The van der Waals surface area contributed by atoms with Crippen LogP contribution in [0.1, 0.15) is 30.1 Å². The maximum Gasteiger partial charge on any atom is 0.254 e. The van der Waals surface area contributed by atoms with Crippen molar-refractivity contribution in [3.8, 4) is 0 Å². The van der Waals surface area contributed by atoms with Crippen LogP contribution in [-0.2, 0) is 6.54 Å². The topological polar surface area (TPSA) is 59.0 Å². The maximum absolute atomic E-state index is 11.6. The molecule has 0 aliphatic rings. The molecule has 0 aliphatic carbocycles. The van der Waals surface area contributed by atoms with E-state index in [9.17, 15) is 4.79 Å². The lowest BCUT2D eigenvalue weighted by Gasteiger charge is -2.02. The van der Waals surface area contributed by atoms with Crippen LogP contribution in [0.3, 0.4) is 0 Å². The van der Waals surface area contributed by atoms with Gasteiger partial charge in [-0.2, -0.15) is 5.10 Å². The summed E-state index contributed by atoms with van der Waals surface area (Å²) in [6.07, 6.45) is 5.44. The van der Waals surface area contributed by atoms with Gasteiger partial charge in [0.25, 0.3) is 5.91 Å². The van der Waals surface area contributed by atoms with Crippen molar-refractivity contribution < 1.29 is 4.79 Å². The highest BCUT2D eigenvalue weighted by atomic mass is 16.1. The summed E-state index contributed by atoms with van der Waals surface area (Å²) in [6.45, 7) is 4.49. The third-order valence-electron chi connectivity index (χ3n) is 2.36. The smallest absolute Gasteiger partial charge is 0.254 e. The van der Waals surface area contributed by atoms with Gasteiger partial charge in [-0.25, -0.2) is 0 Å². The number of carbonyl (C=O) groups excluding carboxylic acids is 1. The summed E-state index contributed by atoms with van der Waals surface area (Å²) in [5.74, 6) is -0.0378. The minimum absolute atomic E-state index is 0.0378. The van der Waals surface area contributed by atoms with Gasteiger partial charge in [0.2, 0.25) is 0 Å². The fourth-order valence-electron chi connectivity index (χ4n) is 1.38. The Morgan fingerprint density at radius 1 is 1.44 bits per heavy atom. The Hall–Kier alpha value is -1.36. The number of nitrogens with zero attached hydrogens (tertiary/aromatic N) is 2. The van der Waals surface area contributed by atoms with Crippen molar-refractivity contribution in [2.75, 3.05) is 20.1 Å². The molecule has 0 aliphatic heterocycles. The van der Waals surface area contributed by atoms with E-state index in [0.29, 0.717) is 5.56 Å². The lowest BCUT2D eigenvalue weighted by atomic mass is 10.3. The summed E-state index contributed by atoms with van der Waals surface area (Å²) in [4.78, 5) is 11.6. The van der Waals surface area contributed by atoms with E-state index in [4.69, 9.17) is 0 Å². The normalized spacial score (nSPS) is 10.4. The van der Waals surface area contributed by atoms with Crippen LogP contribution in [0.25, 0.3) is 0 Å². The molecule has 1 aromatic rings. The molecule has 1 aromatic heterocycles. The number of hydrogen-bond acceptors (Lipinski definition) is 3. The first-order valence-electron chi connectivity index (χ1n) is 5.73. The number of amides is 1. The predicted molar refractivity (Wildman–Crippen MR) is 63.4 cm³/mol. The number of aromatic nitrogens is 2. The quantitative estimate of drug-likeness (QED) is 0.668. The van der Waals surface area contributed by atoms with Crippen LogP contribution in [-0.4, -0.2) is 35.8 Å². The Morgan fingerprint density at radius 2 is 2.19 bits per heavy atom. The van der Waals surface area contributed by atoms with Gasteiger partial charge in [0.05, 0.1) is 11.8 Å². The van der Waals surface area contributed by atoms with Crippen molar-refractivity contribution in [2.24, 2.45) is 0 Å². The van der Waals surface area contributed by atoms with E-state index in [-0.39, 0.29) is 5.91 Å². The zero-order chi connectivity index (χ0) is 11.8. The van der Waals surface area contributed by atoms with Crippen molar-refractivity contribution in [2.45, 2.75) is 26.3 Å². The largest absolute Gasteiger partial charge is 0.352 e. The number of unbranched alkanes of at least 4 members (excludes halogenated alkanes) is 1. The van der Waals surface area contributed by atoms with Gasteiger partial charge in [-0.05, 0) is 33.4 Å². The molecule has 0 atom stereocenters. The van der Waals surface area contributed by atoms with Crippen LogP contribution >= 0.6 is 0 Å². The van der Waals surface area contributed by atoms with Crippen molar-refractivity contribution in [3.05, 3.63) is 18.0 Å². The van der Waals surface area contributed by atoms with E-state index >= 15 is 0 Å². The Bertz CT molecular complexity index is 322. The van der Waals surface area contributed by atoms with Crippen molar-refractivity contribution in [3.63, 3.8) is 0 Å². The van der Waals surface area contributed by atoms with E-state index in [1.165, 1.54) is 0 Å². The second-order valence-electron chi connectivity index (χ2n) is 3.65. The molecule has 0 saturated heterocycles. The molecule has 5 heteroatoms. The van der Waals surface area contributed by atoms with Gasteiger partial charge in [0.1, 0.15) is 0 Å². The summed E-state index contributed by atoms with van der Waals surface area (Å²) < 4.78 is 1.75. The molecular formula is C11H20N4O. The summed E-state index contributed by atoms with van der Waals surface area (Å²) in [5.41, 5.74) is 0.635. The highest BCUT2D eigenvalue weighted by Crippen LogP contribution is 1.97. The zero-order valence-electron chi connectivity index (χ0n) is 9.99. The average molecular weight is 224 g/mol. The van der Waals surface area contributed by atoms with E-state index in [2.05, 4.69) is 15.7 Å². The molecule has 0 bridgehead atoms. The van der Waals surface area contributed by atoms with Gasteiger partial charge in [-0.1, -0.05) is 0 Å². The van der Waals surface area contributed by atoms with Crippen LogP contribution in [0.4, 0.5) is 0 Å². The van der Waals surface area contributed by atoms with Crippen molar-refractivity contribution in [1.29, 1.82) is 0 Å². The summed E-state index contributed by atoms with van der Waals surface area (Å²) in [7, 11) is 1.93. The second kappa shape index (κ2) is 7.00. The molecule has 1 heterocycles. The Labute approximate surface area is 96.2 Å². The molecule has 5 nitrogen and oxygen atoms in total. The molecule has 90 valence electrons. The minimum atomic E-state index is -0.0378. The van der Waals surface area contributed by atoms with Crippen LogP contribution in [0.5, 0.6) is 0 Å². The predicted octanol–water partition coefficient (Wildman–Crippen LogP) is 0.632. The molecule has 0 unspecified atom stereocenters. The molecule has 0 spiro atoms. The number of carbonyl (C=O) groups is 1. The standard InChI is InChI=1S/C11H20N4O/c1-3-15-9-10(8-14-15)11(16)13-7-5-4-6-12-2/h8-9,12H,3-7H2,1-2H3,(H,13,16). The molecule has 0 aromatic carbocycles. The molecule has 0 radical (unpaired) electrons. The van der Waals surface area contributed by atoms with Gasteiger partial charge in [0.15, 0.2) is 0 Å². The lowest BCUT2D eigenvalue weighted by molar-refractivity contribution is 0.0953. The van der Waals surface area contributed by atoms with Gasteiger partial charge < -0.3 is 10.6 Å². The first kappa shape index (κ1) is 12.7. The maximum atomic E-state index is 11.6. The minimum Gasteiger partial charge on any atom is -0.352 e. The molecule has 1 amide bonds. The van der Waals surface area contributed by atoms with E-state index < -0.39 is 0 Å².